The summed E-state index contributed by atoms with van der Waals surface area (Å²) in [6.45, 7) is 0.448. The Bertz CT molecular complexity index is 698. The van der Waals surface area contributed by atoms with Crippen LogP contribution in [0.25, 0.3) is 0 Å². The van der Waals surface area contributed by atoms with E-state index in [9.17, 15) is 9.59 Å². The van der Waals surface area contributed by atoms with Gasteiger partial charge in [-0.2, -0.15) is 0 Å². The summed E-state index contributed by atoms with van der Waals surface area (Å²) in [5.41, 5.74) is 1.65. The molecule has 0 radical (unpaired) electrons. The first-order valence-electron chi connectivity index (χ1n) is 6.31. The number of carbonyl (C=O) groups excluding carboxylic acids is 2. The zero-order chi connectivity index (χ0) is 13.7. The Morgan fingerprint density at radius 1 is 1.15 bits per heavy atom. The summed E-state index contributed by atoms with van der Waals surface area (Å²) < 4.78 is 0. The fourth-order valence-electron chi connectivity index (χ4n) is 2.68. The van der Waals surface area contributed by atoms with Gasteiger partial charge in [0.2, 0.25) is 0 Å². The van der Waals surface area contributed by atoms with E-state index in [2.05, 4.69) is 5.32 Å². The Kier molecular flexibility index (Phi) is 2.34. The zero-order valence-corrected chi connectivity index (χ0v) is 11.3. The van der Waals surface area contributed by atoms with Gasteiger partial charge in [-0.25, -0.2) is 9.69 Å². The largest absolute Gasteiger partial charge is 0.381 e. The third-order valence-corrected chi connectivity index (χ3v) is 4.44. The van der Waals surface area contributed by atoms with Crippen molar-refractivity contribution in [3.05, 3.63) is 41.8 Å². The molecule has 1 unspecified atom stereocenters. The molecule has 3 amide bonds. The Labute approximate surface area is 119 Å². The van der Waals surface area contributed by atoms with E-state index in [-0.39, 0.29) is 11.9 Å². The Morgan fingerprint density at radius 2 is 2.00 bits per heavy atom. The van der Waals surface area contributed by atoms with Crippen LogP contribution in [-0.2, 0) is 4.79 Å². The monoisotopic (exact) mass is 285 g/mol. The molecule has 1 fully saturated rings. The molecular weight excluding hydrogens is 274 g/mol. The highest BCUT2D eigenvalue weighted by molar-refractivity contribution is 7.14. The van der Waals surface area contributed by atoms with Crippen LogP contribution < -0.4 is 15.1 Å². The number of nitrogens with one attached hydrogen (secondary N) is 1. The average Bonchev–Trinajstić information content (AvgIpc) is 3.07. The van der Waals surface area contributed by atoms with Gasteiger partial charge >= 0.3 is 6.03 Å². The number of benzene rings is 1. The average molecular weight is 285 g/mol. The number of imide groups is 1. The topological polar surface area (TPSA) is 52.7 Å². The molecule has 4 rings (SSSR count). The number of hydrogen-bond donors (Lipinski definition) is 1. The van der Waals surface area contributed by atoms with E-state index in [1.54, 1.807) is 11.0 Å². The van der Waals surface area contributed by atoms with Crippen molar-refractivity contribution in [1.29, 1.82) is 0 Å². The zero-order valence-electron chi connectivity index (χ0n) is 10.4. The van der Waals surface area contributed by atoms with Crippen LogP contribution >= 0.6 is 11.3 Å². The minimum absolute atomic E-state index is 0.167. The van der Waals surface area contributed by atoms with Gasteiger partial charge in [0.15, 0.2) is 0 Å². The van der Waals surface area contributed by atoms with Crippen molar-refractivity contribution >= 4 is 39.7 Å². The van der Waals surface area contributed by atoms with Crippen LogP contribution in [0.3, 0.4) is 0 Å². The molecule has 2 aliphatic heterocycles. The Morgan fingerprint density at radius 3 is 2.80 bits per heavy atom. The van der Waals surface area contributed by atoms with Crippen molar-refractivity contribution in [2.75, 3.05) is 21.7 Å². The van der Waals surface area contributed by atoms with Crippen molar-refractivity contribution in [2.24, 2.45) is 0 Å². The molecule has 1 N–H and O–H groups in total. The summed E-state index contributed by atoms with van der Waals surface area (Å²) in [5.74, 6) is -0.167. The van der Waals surface area contributed by atoms with E-state index < -0.39 is 6.04 Å². The lowest BCUT2D eigenvalue weighted by Gasteiger charge is -2.29. The molecule has 5 nitrogen and oxygen atoms in total. The summed E-state index contributed by atoms with van der Waals surface area (Å²) in [4.78, 5) is 28.0. The minimum Gasteiger partial charge on any atom is -0.381 e. The number of para-hydroxylation sites is 2. The fraction of sp³-hybridized carbons (Fsp3) is 0.143. The normalized spacial score (nSPS) is 20.7. The van der Waals surface area contributed by atoms with E-state index in [0.29, 0.717) is 11.5 Å². The fourth-order valence-corrected chi connectivity index (χ4v) is 3.41. The lowest BCUT2D eigenvalue weighted by atomic mass is 10.1. The predicted molar refractivity (Wildman–Crippen MR) is 78.4 cm³/mol. The molecule has 0 bridgehead atoms. The Hall–Kier alpha value is -2.34. The summed E-state index contributed by atoms with van der Waals surface area (Å²) in [7, 11) is 0. The van der Waals surface area contributed by atoms with Gasteiger partial charge in [-0.05, 0) is 29.6 Å². The van der Waals surface area contributed by atoms with Crippen LogP contribution in [0.1, 0.15) is 0 Å². The van der Waals surface area contributed by atoms with E-state index in [1.807, 2.05) is 35.7 Å². The number of thiophene rings is 1. The summed E-state index contributed by atoms with van der Waals surface area (Å²) in [5, 5.41) is 5.75. The number of nitrogens with zero attached hydrogens (tertiary/aromatic N) is 2. The summed E-state index contributed by atoms with van der Waals surface area (Å²) in [6, 6.07) is 10.5. The first kappa shape index (κ1) is 11.5. The highest BCUT2D eigenvalue weighted by Crippen LogP contribution is 2.38. The van der Waals surface area contributed by atoms with Crippen molar-refractivity contribution in [2.45, 2.75) is 6.04 Å². The van der Waals surface area contributed by atoms with Gasteiger partial charge in [-0.1, -0.05) is 12.1 Å². The summed E-state index contributed by atoms with van der Waals surface area (Å²) in [6.07, 6.45) is 0. The van der Waals surface area contributed by atoms with E-state index in [0.717, 1.165) is 11.4 Å². The number of hydrogen-bond acceptors (Lipinski definition) is 4. The van der Waals surface area contributed by atoms with E-state index in [1.165, 1.54) is 16.2 Å². The molecule has 1 saturated heterocycles. The van der Waals surface area contributed by atoms with Crippen molar-refractivity contribution in [3.63, 3.8) is 0 Å². The second-order valence-electron chi connectivity index (χ2n) is 4.69. The molecule has 3 heterocycles. The lowest BCUT2D eigenvalue weighted by Crippen LogP contribution is -2.43. The van der Waals surface area contributed by atoms with Gasteiger partial charge in [0.1, 0.15) is 11.0 Å². The molecule has 2 aromatic rings. The summed E-state index contributed by atoms with van der Waals surface area (Å²) >= 11 is 1.39. The molecule has 1 atom stereocenters. The number of fused-ring (bicyclic) bond motifs is 3. The van der Waals surface area contributed by atoms with Gasteiger partial charge in [0, 0.05) is 6.54 Å². The van der Waals surface area contributed by atoms with Crippen LogP contribution in [0, 0.1) is 0 Å². The highest BCUT2D eigenvalue weighted by Gasteiger charge is 2.49. The number of urea groups is 1. The molecule has 0 aliphatic carbocycles. The van der Waals surface area contributed by atoms with Crippen LogP contribution in [0.2, 0.25) is 0 Å². The third-order valence-electron chi connectivity index (χ3n) is 3.59. The number of carbonyl (C=O) groups is 2. The molecule has 0 saturated carbocycles. The van der Waals surface area contributed by atoms with Crippen LogP contribution in [-0.4, -0.2) is 24.5 Å². The van der Waals surface area contributed by atoms with Gasteiger partial charge in [-0.3, -0.25) is 9.69 Å². The maximum atomic E-state index is 12.6. The number of amides is 3. The van der Waals surface area contributed by atoms with Crippen LogP contribution in [0.15, 0.2) is 41.8 Å². The lowest BCUT2D eigenvalue weighted by molar-refractivity contribution is -0.117. The second-order valence-corrected chi connectivity index (χ2v) is 5.62. The minimum atomic E-state index is -0.459. The van der Waals surface area contributed by atoms with Crippen molar-refractivity contribution in [1.82, 2.24) is 0 Å². The molecule has 100 valence electrons. The van der Waals surface area contributed by atoms with E-state index >= 15 is 0 Å². The van der Waals surface area contributed by atoms with Gasteiger partial charge in [-0.15, -0.1) is 11.3 Å². The first-order valence-corrected chi connectivity index (χ1v) is 7.19. The number of rotatable bonds is 1. The SMILES string of the molecule is O=C1C2CNc3ccccc3N2C(=O)N1c1cccs1. The van der Waals surface area contributed by atoms with Crippen molar-refractivity contribution < 1.29 is 9.59 Å². The quantitative estimate of drug-likeness (QED) is 0.819. The molecule has 2 aliphatic rings. The van der Waals surface area contributed by atoms with Gasteiger partial charge in [0.25, 0.3) is 5.91 Å². The number of anilines is 3. The van der Waals surface area contributed by atoms with Crippen molar-refractivity contribution in [3.8, 4) is 0 Å². The van der Waals surface area contributed by atoms with Gasteiger partial charge in [0.05, 0.1) is 11.4 Å². The highest BCUT2D eigenvalue weighted by atomic mass is 32.1. The molecule has 20 heavy (non-hydrogen) atoms. The van der Waals surface area contributed by atoms with E-state index in [4.69, 9.17) is 0 Å². The third kappa shape index (κ3) is 1.42. The predicted octanol–water partition coefficient (Wildman–Crippen LogP) is 2.52. The smallest absolute Gasteiger partial charge is 0.337 e. The Balaban J connectivity index is 1.82. The molecule has 0 spiro atoms. The maximum absolute atomic E-state index is 12.6. The first-order chi connectivity index (χ1) is 9.77. The molecule has 1 aromatic carbocycles. The van der Waals surface area contributed by atoms with Crippen LogP contribution in [0.5, 0.6) is 0 Å². The van der Waals surface area contributed by atoms with Crippen LogP contribution in [0.4, 0.5) is 21.2 Å². The van der Waals surface area contributed by atoms with Gasteiger partial charge < -0.3 is 5.32 Å². The molecule has 1 aromatic heterocycles. The standard InChI is InChI=1S/C14H11N3O2S/c18-13-11-8-15-9-4-1-2-5-10(9)16(11)14(19)17(13)12-6-3-7-20-12/h1-7,11,15H,8H2. The molecular formula is C14H11N3O2S. The molecule has 6 heteroatoms. The maximum Gasteiger partial charge on any atom is 0.337 e. The second kappa shape index (κ2) is 4.08.